The number of hydrogen-bond acceptors (Lipinski definition) is 5. The summed E-state index contributed by atoms with van der Waals surface area (Å²) in [6, 6.07) is 20.5. The lowest BCUT2D eigenvalue weighted by atomic mass is 10.2. The molecule has 0 N–H and O–H groups in total. The third-order valence-electron chi connectivity index (χ3n) is 4.70. The average molecular weight is 453 g/mol. The molecule has 3 aromatic rings. The van der Waals surface area contributed by atoms with Crippen LogP contribution in [0, 0.1) is 0 Å². The minimum atomic E-state index is -3.69. The summed E-state index contributed by atoms with van der Waals surface area (Å²) in [5, 5.41) is 1.25. The van der Waals surface area contributed by atoms with E-state index in [0.717, 1.165) is 16.7 Å². The summed E-state index contributed by atoms with van der Waals surface area (Å²) in [6.07, 6.45) is 4.82. The average Bonchev–Trinajstić information content (AvgIpc) is 2.79. The van der Waals surface area contributed by atoms with E-state index in [-0.39, 0.29) is 19.2 Å². The van der Waals surface area contributed by atoms with Gasteiger partial charge in [-0.15, -0.1) is 0 Å². The second-order valence-corrected chi connectivity index (χ2v) is 9.23. The van der Waals surface area contributed by atoms with E-state index in [0.29, 0.717) is 12.4 Å². The monoisotopic (exact) mass is 452 g/mol. The third-order valence-corrected chi connectivity index (χ3v) is 6.15. The van der Waals surface area contributed by atoms with Gasteiger partial charge >= 0.3 is 0 Å². The number of rotatable bonds is 11. The molecule has 1 aromatic heterocycles. The summed E-state index contributed by atoms with van der Waals surface area (Å²) >= 11 is 0. The molecular formula is C25H28N2O4S. The van der Waals surface area contributed by atoms with Crippen LogP contribution in [-0.4, -0.2) is 37.5 Å². The Morgan fingerprint density at radius 2 is 1.69 bits per heavy atom. The first-order chi connectivity index (χ1) is 15.5. The predicted octanol–water partition coefficient (Wildman–Crippen LogP) is 4.50. The summed E-state index contributed by atoms with van der Waals surface area (Å²) in [5.74, 6) is 0.674. The number of sulfonamides is 1. The minimum absolute atomic E-state index is 0.110. The molecule has 32 heavy (non-hydrogen) atoms. The highest BCUT2D eigenvalue weighted by Crippen LogP contribution is 2.20. The van der Waals surface area contributed by atoms with Crippen molar-refractivity contribution in [3.63, 3.8) is 0 Å². The molecule has 1 heterocycles. The van der Waals surface area contributed by atoms with Gasteiger partial charge in [-0.25, -0.2) is 8.42 Å². The second kappa shape index (κ2) is 11.6. The van der Waals surface area contributed by atoms with Gasteiger partial charge in [-0.2, -0.15) is 4.31 Å². The van der Waals surface area contributed by atoms with Crippen molar-refractivity contribution in [2.75, 3.05) is 13.7 Å². The minimum Gasteiger partial charge on any atom is -0.488 e. The number of methoxy groups -OCH3 is 1. The van der Waals surface area contributed by atoms with Crippen LogP contribution < -0.4 is 4.74 Å². The van der Waals surface area contributed by atoms with Gasteiger partial charge in [0.05, 0.1) is 6.61 Å². The zero-order chi connectivity index (χ0) is 22.8. The topological polar surface area (TPSA) is 68.7 Å². The number of pyridine rings is 1. The number of aromatic nitrogens is 1. The van der Waals surface area contributed by atoms with Crippen molar-refractivity contribution in [1.82, 2.24) is 9.29 Å². The number of ether oxygens (including phenoxy) is 2. The van der Waals surface area contributed by atoms with E-state index in [1.807, 2.05) is 73.7 Å². The largest absolute Gasteiger partial charge is 0.488 e. The normalized spacial score (nSPS) is 12.8. The second-order valence-electron chi connectivity index (χ2n) is 7.41. The van der Waals surface area contributed by atoms with Crippen LogP contribution in [0.2, 0.25) is 0 Å². The summed E-state index contributed by atoms with van der Waals surface area (Å²) < 4.78 is 38.9. The van der Waals surface area contributed by atoms with E-state index in [1.54, 1.807) is 25.6 Å². The fourth-order valence-electron chi connectivity index (χ4n) is 3.16. The molecule has 0 spiro atoms. The van der Waals surface area contributed by atoms with Gasteiger partial charge in [0.15, 0.2) is 0 Å². The number of benzene rings is 2. The van der Waals surface area contributed by atoms with Crippen molar-refractivity contribution in [2.45, 2.75) is 26.1 Å². The fourth-order valence-corrected chi connectivity index (χ4v) is 4.32. The molecule has 0 bridgehead atoms. The Hall–Kier alpha value is -3.00. The quantitative estimate of drug-likeness (QED) is 0.429. The van der Waals surface area contributed by atoms with Crippen LogP contribution in [0.15, 0.2) is 84.5 Å². The van der Waals surface area contributed by atoms with E-state index in [2.05, 4.69) is 4.98 Å². The van der Waals surface area contributed by atoms with Gasteiger partial charge < -0.3 is 9.47 Å². The van der Waals surface area contributed by atoms with Crippen LogP contribution in [0.5, 0.6) is 5.75 Å². The van der Waals surface area contributed by atoms with Gasteiger partial charge in [0.1, 0.15) is 11.9 Å². The molecule has 7 heteroatoms. The molecule has 0 saturated heterocycles. The summed E-state index contributed by atoms with van der Waals surface area (Å²) in [5.41, 5.74) is 2.51. The smallest absolute Gasteiger partial charge is 0.236 e. The Balaban J connectivity index is 1.84. The molecule has 0 aliphatic heterocycles. The molecule has 0 unspecified atom stereocenters. The lowest BCUT2D eigenvalue weighted by molar-refractivity contribution is 0.0920. The lowest BCUT2D eigenvalue weighted by Gasteiger charge is -2.21. The molecule has 0 saturated carbocycles. The van der Waals surface area contributed by atoms with E-state index in [4.69, 9.17) is 9.47 Å². The maximum atomic E-state index is 13.2. The number of nitrogens with zero attached hydrogens (tertiary/aromatic N) is 2. The van der Waals surface area contributed by atoms with Crippen molar-refractivity contribution in [2.24, 2.45) is 0 Å². The van der Waals surface area contributed by atoms with Crippen molar-refractivity contribution in [3.8, 4) is 5.75 Å². The predicted molar refractivity (Wildman–Crippen MR) is 126 cm³/mol. The van der Waals surface area contributed by atoms with Crippen molar-refractivity contribution in [1.29, 1.82) is 0 Å². The molecule has 0 aliphatic carbocycles. The molecule has 2 aromatic carbocycles. The summed E-state index contributed by atoms with van der Waals surface area (Å²) in [4.78, 5) is 4.02. The van der Waals surface area contributed by atoms with Gasteiger partial charge in [-0.05, 0) is 54.0 Å². The van der Waals surface area contributed by atoms with Crippen LogP contribution >= 0.6 is 0 Å². The summed E-state index contributed by atoms with van der Waals surface area (Å²) in [7, 11) is -2.06. The Morgan fingerprint density at radius 3 is 2.41 bits per heavy atom. The molecule has 0 fully saturated rings. The van der Waals surface area contributed by atoms with Gasteiger partial charge in [-0.1, -0.05) is 42.5 Å². The van der Waals surface area contributed by atoms with Gasteiger partial charge in [0, 0.05) is 38.0 Å². The van der Waals surface area contributed by atoms with Gasteiger partial charge in [-0.3, -0.25) is 4.98 Å². The van der Waals surface area contributed by atoms with Crippen LogP contribution in [0.1, 0.15) is 23.6 Å². The molecule has 0 radical (unpaired) electrons. The molecule has 0 aliphatic rings. The highest BCUT2D eigenvalue weighted by atomic mass is 32.2. The first kappa shape index (κ1) is 23.7. The standard InChI is InChI=1S/C25H28N2O4S/c1-21(20-30-2)31-25-10-6-9-24(17-25)19-27(18-23-11-14-26-15-12-23)32(28,29)16-13-22-7-4-3-5-8-22/h3-17,21H,18-20H2,1-2H3/b16-13+/t21-/m1/s1. The van der Waals surface area contributed by atoms with E-state index >= 15 is 0 Å². The van der Waals surface area contributed by atoms with Gasteiger partial charge in [0.25, 0.3) is 0 Å². The highest BCUT2D eigenvalue weighted by Gasteiger charge is 2.20. The molecule has 0 amide bonds. The molecule has 3 rings (SSSR count). The highest BCUT2D eigenvalue weighted by molar-refractivity contribution is 7.92. The van der Waals surface area contributed by atoms with Crippen LogP contribution in [0.25, 0.3) is 6.08 Å². The molecule has 168 valence electrons. The third kappa shape index (κ3) is 7.30. The number of hydrogen-bond donors (Lipinski definition) is 0. The maximum Gasteiger partial charge on any atom is 0.236 e. The molecular weight excluding hydrogens is 424 g/mol. The van der Waals surface area contributed by atoms with E-state index in [9.17, 15) is 8.42 Å². The van der Waals surface area contributed by atoms with Crippen LogP contribution in [-0.2, 0) is 27.8 Å². The SMILES string of the molecule is COC[C@@H](C)Oc1cccc(CN(Cc2ccncc2)S(=O)(=O)/C=C/c2ccccc2)c1. The first-order valence-corrected chi connectivity index (χ1v) is 11.8. The van der Waals surface area contributed by atoms with Crippen molar-refractivity contribution >= 4 is 16.1 Å². The zero-order valence-electron chi connectivity index (χ0n) is 18.3. The molecule has 1 atom stereocenters. The Kier molecular flexibility index (Phi) is 8.56. The Labute approximate surface area is 190 Å². The van der Waals surface area contributed by atoms with Crippen LogP contribution in [0.4, 0.5) is 0 Å². The summed E-state index contributed by atoms with van der Waals surface area (Å²) in [6.45, 7) is 2.83. The maximum absolute atomic E-state index is 13.2. The van der Waals surface area contributed by atoms with Crippen LogP contribution in [0.3, 0.4) is 0 Å². The first-order valence-electron chi connectivity index (χ1n) is 10.3. The van der Waals surface area contributed by atoms with E-state index < -0.39 is 10.0 Å². The zero-order valence-corrected chi connectivity index (χ0v) is 19.1. The van der Waals surface area contributed by atoms with Crippen molar-refractivity contribution in [3.05, 3.63) is 101 Å². The van der Waals surface area contributed by atoms with Crippen molar-refractivity contribution < 1.29 is 17.9 Å². The Morgan fingerprint density at radius 1 is 0.969 bits per heavy atom. The molecule has 6 nitrogen and oxygen atoms in total. The van der Waals surface area contributed by atoms with Gasteiger partial charge in [0.2, 0.25) is 10.0 Å². The lowest BCUT2D eigenvalue weighted by Crippen LogP contribution is -2.28. The Bertz CT molecular complexity index is 1100. The van der Waals surface area contributed by atoms with E-state index in [1.165, 1.54) is 9.71 Å². The fraction of sp³-hybridized carbons (Fsp3) is 0.240.